The molecule has 0 aromatic heterocycles. The number of benzene rings is 1. The predicted octanol–water partition coefficient (Wildman–Crippen LogP) is 3.95. The number of nitrogens with two attached hydrogens (primary N) is 1. The first-order valence-corrected chi connectivity index (χ1v) is 7.72. The minimum atomic E-state index is -0.319. The molecule has 1 saturated carbocycles. The van der Waals surface area contributed by atoms with Crippen LogP contribution in [0.15, 0.2) is 18.2 Å². The number of hydrogen-bond donors (Lipinski definition) is 1. The Morgan fingerprint density at radius 1 is 1.40 bits per heavy atom. The molecule has 0 heterocycles. The van der Waals surface area contributed by atoms with Gasteiger partial charge in [0.2, 0.25) is 0 Å². The number of halogens is 1. The van der Waals surface area contributed by atoms with Crippen LogP contribution >= 0.6 is 12.2 Å². The Bertz CT molecular complexity index is 478. The Kier molecular flexibility index (Phi) is 5.49. The van der Waals surface area contributed by atoms with E-state index in [0.717, 1.165) is 18.4 Å². The molecule has 4 heteroatoms. The fourth-order valence-corrected chi connectivity index (χ4v) is 3.15. The Hall–Kier alpha value is -1.00. The Balaban J connectivity index is 2.04. The van der Waals surface area contributed by atoms with E-state index in [2.05, 4.69) is 6.92 Å². The highest BCUT2D eigenvalue weighted by Gasteiger charge is 2.24. The van der Waals surface area contributed by atoms with E-state index in [9.17, 15) is 4.39 Å². The molecule has 2 N–H and O–H groups in total. The Morgan fingerprint density at radius 2 is 2.15 bits per heavy atom. The van der Waals surface area contributed by atoms with E-state index >= 15 is 0 Å². The molecule has 2 nitrogen and oxygen atoms in total. The maximum atomic E-state index is 13.3. The maximum absolute atomic E-state index is 13.3. The normalized spacial score (nSPS) is 22.7. The van der Waals surface area contributed by atoms with Crippen molar-refractivity contribution in [2.75, 3.05) is 0 Å². The van der Waals surface area contributed by atoms with Gasteiger partial charge in [0, 0.05) is 5.56 Å². The molecule has 110 valence electrons. The zero-order valence-corrected chi connectivity index (χ0v) is 12.7. The van der Waals surface area contributed by atoms with Gasteiger partial charge in [0.05, 0.1) is 12.7 Å². The highest BCUT2D eigenvalue weighted by atomic mass is 32.1. The van der Waals surface area contributed by atoms with E-state index in [-0.39, 0.29) is 10.8 Å². The van der Waals surface area contributed by atoms with Crippen molar-refractivity contribution in [2.45, 2.75) is 51.7 Å². The number of hydrogen-bond acceptors (Lipinski definition) is 2. The maximum Gasteiger partial charge on any atom is 0.123 e. The summed E-state index contributed by atoms with van der Waals surface area (Å²) >= 11 is 4.98. The Labute approximate surface area is 125 Å². The molecule has 1 aliphatic carbocycles. The molecule has 2 unspecified atom stereocenters. The van der Waals surface area contributed by atoms with Crippen LogP contribution in [0.1, 0.15) is 50.2 Å². The lowest BCUT2D eigenvalue weighted by Crippen LogP contribution is -2.27. The highest BCUT2D eigenvalue weighted by Crippen LogP contribution is 2.30. The lowest BCUT2D eigenvalue weighted by atomic mass is 9.85. The summed E-state index contributed by atoms with van der Waals surface area (Å²) < 4.78 is 19.3. The largest absolute Gasteiger partial charge is 0.389 e. The van der Waals surface area contributed by atoms with Gasteiger partial charge in [-0.05, 0) is 36.5 Å². The fourth-order valence-electron chi connectivity index (χ4n) is 2.96. The van der Waals surface area contributed by atoms with Crippen LogP contribution in [0.4, 0.5) is 4.39 Å². The third-order valence-corrected chi connectivity index (χ3v) is 4.37. The average Bonchev–Trinajstić information content (AvgIpc) is 2.46. The molecule has 1 aliphatic rings. The predicted molar refractivity (Wildman–Crippen MR) is 83.1 cm³/mol. The van der Waals surface area contributed by atoms with Gasteiger partial charge >= 0.3 is 0 Å². The van der Waals surface area contributed by atoms with Gasteiger partial charge in [-0.15, -0.1) is 0 Å². The molecule has 0 bridgehead atoms. The molecular weight excluding hydrogens is 273 g/mol. The van der Waals surface area contributed by atoms with Gasteiger partial charge in [0.25, 0.3) is 0 Å². The summed E-state index contributed by atoms with van der Waals surface area (Å²) in [7, 11) is 0. The van der Waals surface area contributed by atoms with Crippen molar-refractivity contribution >= 4 is 17.2 Å². The van der Waals surface area contributed by atoms with Crippen molar-refractivity contribution in [2.24, 2.45) is 11.7 Å². The summed E-state index contributed by atoms with van der Waals surface area (Å²) in [5.74, 6) is 0.318. The van der Waals surface area contributed by atoms with Crippen LogP contribution in [0.5, 0.6) is 0 Å². The zero-order valence-electron chi connectivity index (χ0n) is 11.9. The van der Waals surface area contributed by atoms with Gasteiger partial charge in [-0.3, -0.25) is 0 Å². The first-order valence-electron chi connectivity index (χ1n) is 7.31. The summed E-state index contributed by atoms with van der Waals surface area (Å²) in [5.41, 5.74) is 7.12. The zero-order chi connectivity index (χ0) is 14.5. The number of rotatable bonds is 5. The fraction of sp³-hybridized carbons (Fsp3) is 0.562. The van der Waals surface area contributed by atoms with Crippen molar-refractivity contribution in [1.29, 1.82) is 0 Å². The molecule has 1 aromatic carbocycles. The molecule has 1 fully saturated rings. The topological polar surface area (TPSA) is 35.2 Å². The van der Waals surface area contributed by atoms with Crippen LogP contribution in [0.25, 0.3) is 0 Å². The van der Waals surface area contributed by atoms with Crippen molar-refractivity contribution in [3.05, 3.63) is 35.1 Å². The molecule has 1 aromatic rings. The molecule has 2 rings (SSSR count). The molecule has 2 atom stereocenters. The van der Waals surface area contributed by atoms with Crippen molar-refractivity contribution in [3.63, 3.8) is 0 Å². The van der Waals surface area contributed by atoms with Gasteiger partial charge < -0.3 is 10.5 Å². The number of thiocarbonyl (C=S) groups is 1. The van der Waals surface area contributed by atoms with Crippen LogP contribution in [-0.2, 0) is 11.3 Å². The second kappa shape index (κ2) is 7.14. The molecule has 0 amide bonds. The van der Waals surface area contributed by atoms with Crippen molar-refractivity contribution in [3.8, 4) is 0 Å². The summed E-state index contributed by atoms with van der Waals surface area (Å²) in [6, 6.07) is 4.53. The monoisotopic (exact) mass is 295 g/mol. The molecule has 0 radical (unpaired) electrons. The van der Waals surface area contributed by atoms with E-state index in [1.165, 1.54) is 31.4 Å². The summed E-state index contributed by atoms with van der Waals surface area (Å²) in [4.78, 5) is 0.221. The molecule has 20 heavy (non-hydrogen) atoms. The van der Waals surface area contributed by atoms with E-state index in [1.807, 2.05) is 0 Å². The van der Waals surface area contributed by atoms with Gasteiger partial charge in [-0.2, -0.15) is 0 Å². The Morgan fingerprint density at radius 3 is 2.85 bits per heavy atom. The van der Waals surface area contributed by atoms with E-state index in [1.54, 1.807) is 6.07 Å². The van der Waals surface area contributed by atoms with Crippen LogP contribution < -0.4 is 5.73 Å². The van der Waals surface area contributed by atoms with Gasteiger partial charge in [-0.1, -0.05) is 44.5 Å². The van der Waals surface area contributed by atoms with Crippen LogP contribution in [-0.4, -0.2) is 11.1 Å². The standard InChI is InChI=1S/C16H22FNOS/c1-2-11-5-3-4-6-15(11)19-10-12-7-8-13(17)9-14(12)16(18)20/h7-9,11,15H,2-6,10H2,1H3,(H2,18,20). The summed E-state index contributed by atoms with van der Waals surface area (Å²) in [6.45, 7) is 2.67. The minimum absolute atomic E-state index is 0.221. The molecule has 0 spiro atoms. The second-order valence-electron chi connectivity index (χ2n) is 5.47. The summed E-state index contributed by atoms with van der Waals surface area (Å²) in [5, 5.41) is 0. The lowest BCUT2D eigenvalue weighted by Gasteiger charge is -2.31. The van der Waals surface area contributed by atoms with Gasteiger partial charge in [0.1, 0.15) is 10.8 Å². The average molecular weight is 295 g/mol. The van der Waals surface area contributed by atoms with E-state index < -0.39 is 0 Å². The van der Waals surface area contributed by atoms with Crippen LogP contribution in [0.3, 0.4) is 0 Å². The molecule has 0 saturated heterocycles. The smallest absolute Gasteiger partial charge is 0.123 e. The third-order valence-electron chi connectivity index (χ3n) is 4.15. The highest BCUT2D eigenvalue weighted by molar-refractivity contribution is 7.80. The van der Waals surface area contributed by atoms with Gasteiger partial charge in [-0.25, -0.2) is 4.39 Å². The van der Waals surface area contributed by atoms with Crippen molar-refractivity contribution in [1.82, 2.24) is 0 Å². The van der Waals surface area contributed by atoms with Gasteiger partial charge in [0.15, 0.2) is 0 Å². The number of ether oxygens (including phenoxy) is 1. The molecular formula is C16H22FNOS. The van der Waals surface area contributed by atoms with Crippen LogP contribution in [0, 0.1) is 11.7 Å². The lowest BCUT2D eigenvalue weighted by molar-refractivity contribution is -0.0222. The SMILES string of the molecule is CCC1CCCCC1OCc1ccc(F)cc1C(N)=S. The van der Waals surface area contributed by atoms with E-state index in [4.69, 9.17) is 22.7 Å². The minimum Gasteiger partial charge on any atom is -0.389 e. The van der Waals surface area contributed by atoms with Crippen molar-refractivity contribution < 1.29 is 9.13 Å². The quantitative estimate of drug-likeness (QED) is 0.836. The first-order chi connectivity index (χ1) is 9.61. The second-order valence-corrected chi connectivity index (χ2v) is 5.91. The summed E-state index contributed by atoms with van der Waals surface area (Å²) in [6.07, 6.45) is 6.34. The van der Waals surface area contributed by atoms with E-state index in [0.29, 0.717) is 24.2 Å². The van der Waals surface area contributed by atoms with Crippen LogP contribution in [0.2, 0.25) is 0 Å². The molecule has 0 aliphatic heterocycles. The first kappa shape index (κ1) is 15.4. The third kappa shape index (κ3) is 3.76.